The Kier molecular flexibility index (Phi) is 5.63. The highest BCUT2D eigenvalue weighted by Crippen LogP contribution is 2.38. The lowest BCUT2D eigenvalue weighted by Gasteiger charge is -2.40. The molecule has 5 heterocycles. The lowest BCUT2D eigenvalue weighted by Crippen LogP contribution is -2.48. The molecule has 0 spiro atoms. The average Bonchev–Trinajstić information content (AvgIpc) is 3.26. The number of rotatable bonds is 7. The van der Waals surface area contributed by atoms with E-state index in [1.165, 1.54) is 19.4 Å². The van der Waals surface area contributed by atoms with E-state index in [0.717, 1.165) is 52.6 Å². The Labute approximate surface area is 189 Å². The number of aryl methyl sites for hydroxylation is 1. The SMILES string of the molecule is COc1cnc2cc(Nc3cc(C)[nH]n3)nc(NC3C[C@H]4CC[C@@H](C3)N4CC(C)C)c2c1. The maximum absolute atomic E-state index is 5.44. The van der Waals surface area contributed by atoms with E-state index in [9.17, 15) is 0 Å². The Morgan fingerprint density at radius 3 is 2.59 bits per heavy atom. The molecule has 3 atom stereocenters. The number of nitrogens with one attached hydrogen (secondary N) is 3. The monoisotopic (exact) mass is 435 g/mol. The highest BCUT2D eigenvalue weighted by Gasteiger charge is 2.40. The molecular formula is C24H33N7O. The first-order chi connectivity index (χ1) is 15.5. The van der Waals surface area contributed by atoms with E-state index < -0.39 is 0 Å². The van der Waals surface area contributed by atoms with Gasteiger partial charge in [-0.05, 0) is 44.6 Å². The fourth-order valence-corrected chi connectivity index (χ4v) is 5.31. The van der Waals surface area contributed by atoms with Crippen LogP contribution < -0.4 is 15.4 Å². The number of aromatic nitrogens is 4. The van der Waals surface area contributed by atoms with Gasteiger partial charge in [0, 0.05) is 47.9 Å². The van der Waals surface area contributed by atoms with E-state index in [-0.39, 0.29) is 0 Å². The molecule has 0 radical (unpaired) electrons. The van der Waals surface area contributed by atoms with Crippen LogP contribution in [0.5, 0.6) is 5.75 Å². The largest absolute Gasteiger partial charge is 0.495 e. The molecule has 8 nitrogen and oxygen atoms in total. The lowest BCUT2D eigenvalue weighted by atomic mass is 9.96. The molecule has 2 bridgehead atoms. The molecule has 0 saturated carbocycles. The van der Waals surface area contributed by atoms with Gasteiger partial charge < -0.3 is 15.4 Å². The van der Waals surface area contributed by atoms with Gasteiger partial charge in [0.2, 0.25) is 0 Å². The van der Waals surface area contributed by atoms with Gasteiger partial charge in [-0.1, -0.05) is 13.8 Å². The predicted molar refractivity (Wildman–Crippen MR) is 128 cm³/mol. The summed E-state index contributed by atoms with van der Waals surface area (Å²) in [5.74, 6) is 3.77. The van der Waals surface area contributed by atoms with Gasteiger partial charge in [0.1, 0.15) is 17.4 Å². The Bertz CT molecular complexity index is 1080. The zero-order valence-electron chi connectivity index (χ0n) is 19.4. The number of piperidine rings is 1. The zero-order valence-corrected chi connectivity index (χ0v) is 19.4. The summed E-state index contributed by atoms with van der Waals surface area (Å²) in [4.78, 5) is 12.3. The Balaban J connectivity index is 1.43. The lowest BCUT2D eigenvalue weighted by molar-refractivity contribution is 0.117. The minimum atomic E-state index is 0.403. The molecular weight excluding hydrogens is 402 g/mol. The Hall–Kier alpha value is -2.87. The zero-order chi connectivity index (χ0) is 22.2. The van der Waals surface area contributed by atoms with Crippen LogP contribution in [0.15, 0.2) is 24.4 Å². The number of aromatic amines is 1. The standard InChI is InChI=1S/C24H33N7O/c1-14(2)13-31-17-5-6-18(31)9-16(8-17)26-24-20-10-19(32-4)12-25-21(20)11-22(28-24)27-23-7-15(3)29-30-23/h7,10-12,14,16-18H,5-6,8-9,13H2,1-4H3,(H3,26,27,28,29,30)/t16?,17-,18+. The number of methoxy groups -OCH3 is 1. The molecule has 2 saturated heterocycles. The van der Waals surface area contributed by atoms with Crippen LogP contribution in [0.4, 0.5) is 17.5 Å². The molecule has 32 heavy (non-hydrogen) atoms. The highest BCUT2D eigenvalue weighted by atomic mass is 16.5. The third-order valence-electron chi connectivity index (χ3n) is 6.65. The molecule has 170 valence electrons. The molecule has 0 amide bonds. The van der Waals surface area contributed by atoms with E-state index >= 15 is 0 Å². The number of anilines is 3. The summed E-state index contributed by atoms with van der Waals surface area (Å²) < 4.78 is 5.44. The van der Waals surface area contributed by atoms with E-state index in [2.05, 4.69) is 44.6 Å². The van der Waals surface area contributed by atoms with Crippen LogP contribution in [-0.2, 0) is 0 Å². The number of hydrogen-bond donors (Lipinski definition) is 3. The van der Waals surface area contributed by atoms with Crippen LogP contribution in [0.25, 0.3) is 10.9 Å². The molecule has 2 aliphatic rings. The third kappa shape index (κ3) is 4.24. The number of nitrogens with zero attached hydrogens (tertiary/aromatic N) is 4. The van der Waals surface area contributed by atoms with Crippen molar-refractivity contribution in [1.29, 1.82) is 0 Å². The fourth-order valence-electron chi connectivity index (χ4n) is 5.31. The normalized spacial score (nSPS) is 23.1. The molecule has 3 aromatic heterocycles. The maximum Gasteiger partial charge on any atom is 0.153 e. The molecule has 3 aromatic rings. The first kappa shape index (κ1) is 21.0. The maximum atomic E-state index is 5.44. The van der Waals surface area contributed by atoms with Crippen LogP contribution in [0.2, 0.25) is 0 Å². The van der Waals surface area contributed by atoms with Gasteiger partial charge in [-0.25, -0.2) is 4.98 Å². The molecule has 3 N–H and O–H groups in total. The quantitative estimate of drug-likeness (QED) is 0.504. The van der Waals surface area contributed by atoms with Crippen LogP contribution in [-0.4, -0.2) is 56.8 Å². The molecule has 0 aromatic carbocycles. The molecule has 2 aliphatic heterocycles. The number of hydrogen-bond acceptors (Lipinski definition) is 7. The number of pyridine rings is 2. The highest BCUT2D eigenvalue weighted by molar-refractivity contribution is 5.92. The van der Waals surface area contributed by atoms with Crippen molar-refractivity contribution in [2.24, 2.45) is 5.92 Å². The van der Waals surface area contributed by atoms with E-state index in [4.69, 9.17) is 9.72 Å². The van der Waals surface area contributed by atoms with Gasteiger partial charge in [-0.15, -0.1) is 0 Å². The van der Waals surface area contributed by atoms with Gasteiger partial charge in [0.25, 0.3) is 0 Å². The Morgan fingerprint density at radius 1 is 1.16 bits per heavy atom. The van der Waals surface area contributed by atoms with Crippen LogP contribution in [0.3, 0.4) is 0 Å². The van der Waals surface area contributed by atoms with Gasteiger partial charge in [-0.2, -0.15) is 5.10 Å². The average molecular weight is 436 g/mol. The van der Waals surface area contributed by atoms with Crippen LogP contribution in [0.1, 0.15) is 45.2 Å². The van der Waals surface area contributed by atoms with E-state index in [1.54, 1.807) is 13.3 Å². The van der Waals surface area contributed by atoms with Crippen molar-refractivity contribution >= 4 is 28.4 Å². The number of ether oxygens (including phenoxy) is 1. The summed E-state index contributed by atoms with van der Waals surface area (Å²) in [6.07, 6.45) is 6.66. The summed E-state index contributed by atoms with van der Waals surface area (Å²) in [6, 6.07) is 7.67. The first-order valence-corrected chi connectivity index (χ1v) is 11.6. The smallest absolute Gasteiger partial charge is 0.153 e. The minimum Gasteiger partial charge on any atom is -0.495 e. The second kappa shape index (κ2) is 8.58. The second-order valence-electron chi connectivity index (χ2n) is 9.65. The van der Waals surface area contributed by atoms with Gasteiger partial charge in [0.15, 0.2) is 5.82 Å². The van der Waals surface area contributed by atoms with Crippen molar-refractivity contribution in [3.8, 4) is 5.75 Å². The van der Waals surface area contributed by atoms with Crippen molar-refractivity contribution < 1.29 is 4.74 Å². The van der Waals surface area contributed by atoms with E-state index in [0.29, 0.717) is 24.0 Å². The van der Waals surface area contributed by atoms with Gasteiger partial charge in [-0.3, -0.25) is 15.0 Å². The molecule has 5 rings (SSSR count). The summed E-state index contributed by atoms with van der Waals surface area (Å²) in [5.41, 5.74) is 1.87. The molecule has 2 fully saturated rings. The summed E-state index contributed by atoms with van der Waals surface area (Å²) in [7, 11) is 1.67. The van der Waals surface area contributed by atoms with Crippen molar-refractivity contribution in [1.82, 2.24) is 25.1 Å². The third-order valence-corrected chi connectivity index (χ3v) is 6.65. The van der Waals surface area contributed by atoms with E-state index in [1.807, 2.05) is 25.1 Å². The van der Waals surface area contributed by atoms with Crippen molar-refractivity contribution in [2.45, 2.75) is 64.6 Å². The Morgan fingerprint density at radius 2 is 1.94 bits per heavy atom. The first-order valence-electron chi connectivity index (χ1n) is 11.6. The van der Waals surface area contributed by atoms with Crippen molar-refractivity contribution in [3.63, 3.8) is 0 Å². The van der Waals surface area contributed by atoms with Crippen LogP contribution in [0, 0.1) is 12.8 Å². The number of H-pyrrole nitrogens is 1. The minimum absolute atomic E-state index is 0.403. The molecule has 1 unspecified atom stereocenters. The second-order valence-corrected chi connectivity index (χ2v) is 9.65. The molecule has 8 heteroatoms. The van der Waals surface area contributed by atoms with Gasteiger partial charge in [0.05, 0.1) is 18.8 Å². The van der Waals surface area contributed by atoms with Crippen molar-refractivity contribution in [2.75, 3.05) is 24.3 Å². The summed E-state index contributed by atoms with van der Waals surface area (Å²) >= 11 is 0. The van der Waals surface area contributed by atoms with Gasteiger partial charge >= 0.3 is 0 Å². The molecule has 0 aliphatic carbocycles. The van der Waals surface area contributed by atoms with Crippen LogP contribution >= 0.6 is 0 Å². The predicted octanol–water partition coefficient (Wildman–Crippen LogP) is 4.48. The summed E-state index contributed by atoms with van der Waals surface area (Å²) in [6.45, 7) is 7.82. The summed E-state index contributed by atoms with van der Waals surface area (Å²) in [5, 5.41) is 15.3. The topological polar surface area (TPSA) is 91.0 Å². The number of fused-ring (bicyclic) bond motifs is 3. The van der Waals surface area contributed by atoms with Crippen molar-refractivity contribution in [3.05, 3.63) is 30.1 Å². The fraction of sp³-hybridized carbons (Fsp3) is 0.542.